The van der Waals surface area contributed by atoms with Crippen LogP contribution in [0.15, 0.2) is 18.2 Å². The minimum atomic E-state index is -0.127. The van der Waals surface area contributed by atoms with Crippen LogP contribution in [0.2, 0.25) is 0 Å². The van der Waals surface area contributed by atoms with Crippen molar-refractivity contribution in [2.24, 2.45) is 0 Å². The summed E-state index contributed by atoms with van der Waals surface area (Å²) >= 11 is 0. The van der Waals surface area contributed by atoms with Crippen molar-refractivity contribution in [2.45, 2.75) is 19.8 Å². The number of hydrogen-bond donors (Lipinski definition) is 2. The first kappa shape index (κ1) is 14.2. The van der Waals surface area contributed by atoms with E-state index in [0.29, 0.717) is 19.5 Å². The molecule has 0 radical (unpaired) electrons. The zero-order chi connectivity index (χ0) is 14.4. The number of fused-ring (bicyclic) bond motifs is 1. The van der Waals surface area contributed by atoms with Crippen molar-refractivity contribution in [3.05, 3.63) is 23.8 Å². The minimum Gasteiger partial charge on any atom is -0.454 e. The van der Waals surface area contributed by atoms with Gasteiger partial charge in [-0.05, 0) is 24.1 Å². The molecule has 108 valence electrons. The van der Waals surface area contributed by atoms with Crippen LogP contribution < -0.4 is 20.1 Å². The summed E-state index contributed by atoms with van der Waals surface area (Å²) in [6.45, 7) is 2.61. The molecule has 1 heterocycles. The third kappa shape index (κ3) is 4.15. The summed E-state index contributed by atoms with van der Waals surface area (Å²) in [4.78, 5) is 22.1. The maximum absolute atomic E-state index is 11.5. The molecular weight excluding hydrogens is 260 g/mol. The van der Waals surface area contributed by atoms with Gasteiger partial charge in [0, 0.05) is 26.4 Å². The van der Waals surface area contributed by atoms with Gasteiger partial charge in [0.05, 0.1) is 0 Å². The van der Waals surface area contributed by atoms with E-state index in [2.05, 4.69) is 10.6 Å². The fourth-order valence-corrected chi connectivity index (χ4v) is 1.88. The van der Waals surface area contributed by atoms with E-state index >= 15 is 0 Å². The molecule has 0 saturated carbocycles. The standard InChI is InChI=1S/C14H18N2O4/c1-10(17)15-7-5-14(18)16-6-4-11-2-3-12-13(8-11)20-9-19-12/h2-3,8H,4-7,9H2,1H3,(H,15,17)(H,16,18). The number of carbonyl (C=O) groups is 2. The van der Waals surface area contributed by atoms with Gasteiger partial charge >= 0.3 is 0 Å². The van der Waals surface area contributed by atoms with Crippen LogP contribution in [0, 0.1) is 0 Å². The van der Waals surface area contributed by atoms with Crippen molar-refractivity contribution in [3.8, 4) is 11.5 Å². The number of carbonyl (C=O) groups excluding carboxylic acids is 2. The van der Waals surface area contributed by atoms with E-state index in [4.69, 9.17) is 9.47 Å². The maximum Gasteiger partial charge on any atom is 0.231 e. The van der Waals surface area contributed by atoms with Gasteiger partial charge in [0.25, 0.3) is 0 Å². The topological polar surface area (TPSA) is 76.7 Å². The van der Waals surface area contributed by atoms with Crippen LogP contribution in [0.3, 0.4) is 0 Å². The van der Waals surface area contributed by atoms with Gasteiger partial charge in [-0.15, -0.1) is 0 Å². The molecule has 6 heteroatoms. The SMILES string of the molecule is CC(=O)NCCC(=O)NCCc1ccc2c(c1)OCO2. The number of nitrogens with one attached hydrogen (secondary N) is 2. The van der Waals surface area contributed by atoms with Gasteiger partial charge in [-0.25, -0.2) is 0 Å². The Balaban J connectivity index is 1.68. The highest BCUT2D eigenvalue weighted by atomic mass is 16.7. The highest BCUT2D eigenvalue weighted by molar-refractivity contribution is 5.77. The maximum atomic E-state index is 11.5. The minimum absolute atomic E-state index is 0.0699. The second kappa shape index (κ2) is 6.79. The van der Waals surface area contributed by atoms with Gasteiger partial charge in [0.1, 0.15) is 0 Å². The largest absolute Gasteiger partial charge is 0.454 e. The first-order chi connectivity index (χ1) is 9.65. The molecule has 6 nitrogen and oxygen atoms in total. The smallest absolute Gasteiger partial charge is 0.231 e. The first-order valence-electron chi connectivity index (χ1n) is 6.55. The summed E-state index contributed by atoms with van der Waals surface area (Å²) < 4.78 is 10.5. The van der Waals surface area contributed by atoms with Crippen LogP contribution in [0.1, 0.15) is 18.9 Å². The number of benzene rings is 1. The molecular formula is C14H18N2O4. The third-order valence-corrected chi connectivity index (χ3v) is 2.90. The van der Waals surface area contributed by atoms with Gasteiger partial charge in [-0.1, -0.05) is 6.07 Å². The fourth-order valence-electron chi connectivity index (χ4n) is 1.88. The van der Waals surface area contributed by atoms with E-state index in [1.807, 2.05) is 18.2 Å². The van der Waals surface area contributed by atoms with Crippen molar-refractivity contribution in [2.75, 3.05) is 19.9 Å². The quantitative estimate of drug-likeness (QED) is 0.799. The van der Waals surface area contributed by atoms with Crippen LogP contribution in [-0.4, -0.2) is 31.7 Å². The van der Waals surface area contributed by atoms with Crippen molar-refractivity contribution in [1.82, 2.24) is 10.6 Å². The fraction of sp³-hybridized carbons (Fsp3) is 0.429. The van der Waals surface area contributed by atoms with Crippen LogP contribution in [0.25, 0.3) is 0 Å². The van der Waals surface area contributed by atoms with Gasteiger partial charge in [-0.3, -0.25) is 9.59 Å². The molecule has 2 rings (SSSR count). The number of amides is 2. The summed E-state index contributed by atoms with van der Waals surface area (Å²) in [5.74, 6) is 1.31. The lowest BCUT2D eigenvalue weighted by atomic mass is 10.1. The normalized spacial score (nSPS) is 12.1. The zero-order valence-corrected chi connectivity index (χ0v) is 11.4. The molecule has 0 fully saturated rings. The van der Waals surface area contributed by atoms with Crippen LogP contribution in [-0.2, 0) is 16.0 Å². The lowest BCUT2D eigenvalue weighted by Gasteiger charge is -2.06. The lowest BCUT2D eigenvalue weighted by Crippen LogP contribution is -2.30. The van der Waals surface area contributed by atoms with E-state index < -0.39 is 0 Å². The third-order valence-electron chi connectivity index (χ3n) is 2.90. The molecule has 1 aromatic rings. The van der Waals surface area contributed by atoms with Crippen LogP contribution in [0.5, 0.6) is 11.5 Å². The van der Waals surface area contributed by atoms with E-state index in [1.165, 1.54) is 6.92 Å². The first-order valence-corrected chi connectivity index (χ1v) is 6.55. The second-order valence-corrected chi connectivity index (χ2v) is 4.52. The van der Waals surface area contributed by atoms with Crippen molar-refractivity contribution in [1.29, 1.82) is 0 Å². The highest BCUT2D eigenvalue weighted by Gasteiger charge is 2.12. The summed E-state index contributed by atoms with van der Waals surface area (Å²) in [5, 5.41) is 5.39. The Morgan fingerprint density at radius 1 is 1.15 bits per heavy atom. The monoisotopic (exact) mass is 278 g/mol. The Bertz CT molecular complexity index is 502. The van der Waals surface area contributed by atoms with Crippen molar-refractivity contribution < 1.29 is 19.1 Å². The van der Waals surface area contributed by atoms with Gasteiger partial charge in [0.2, 0.25) is 18.6 Å². The Morgan fingerprint density at radius 2 is 1.95 bits per heavy atom. The second-order valence-electron chi connectivity index (χ2n) is 4.52. The molecule has 1 aliphatic rings. The molecule has 0 atom stereocenters. The molecule has 0 aromatic heterocycles. The molecule has 2 amide bonds. The molecule has 0 aliphatic carbocycles. The molecule has 0 spiro atoms. The van der Waals surface area contributed by atoms with E-state index in [0.717, 1.165) is 23.5 Å². The Morgan fingerprint density at radius 3 is 2.75 bits per heavy atom. The predicted molar refractivity (Wildman–Crippen MR) is 72.6 cm³/mol. The molecule has 1 aromatic carbocycles. The zero-order valence-electron chi connectivity index (χ0n) is 11.4. The molecule has 0 bridgehead atoms. The molecule has 1 aliphatic heterocycles. The van der Waals surface area contributed by atoms with Crippen LogP contribution in [0.4, 0.5) is 0 Å². The highest BCUT2D eigenvalue weighted by Crippen LogP contribution is 2.32. The van der Waals surface area contributed by atoms with E-state index in [-0.39, 0.29) is 18.6 Å². The molecule has 2 N–H and O–H groups in total. The lowest BCUT2D eigenvalue weighted by molar-refractivity contribution is -0.121. The average Bonchev–Trinajstić information content (AvgIpc) is 2.85. The van der Waals surface area contributed by atoms with Gasteiger partial charge in [0.15, 0.2) is 11.5 Å². The molecule has 20 heavy (non-hydrogen) atoms. The van der Waals surface area contributed by atoms with E-state index in [1.54, 1.807) is 0 Å². The van der Waals surface area contributed by atoms with Gasteiger partial charge < -0.3 is 20.1 Å². The predicted octanol–water partition coefficient (Wildman–Crippen LogP) is 0.600. The van der Waals surface area contributed by atoms with Gasteiger partial charge in [-0.2, -0.15) is 0 Å². The van der Waals surface area contributed by atoms with E-state index in [9.17, 15) is 9.59 Å². The summed E-state index contributed by atoms with van der Waals surface area (Å²) in [7, 11) is 0. The molecule has 0 saturated heterocycles. The number of rotatable bonds is 6. The number of hydrogen-bond acceptors (Lipinski definition) is 4. The summed E-state index contributed by atoms with van der Waals surface area (Å²) in [5.41, 5.74) is 1.08. The molecule has 0 unspecified atom stereocenters. The Hall–Kier alpha value is -2.24. The van der Waals surface area contributed by atoms with Crippen LogP contribution >= 0.6 is 0 Å². The summed E-state index contributed by atoms with van der Waals surface area (Å²) in [6.07, 6.45) is 1.02. The Kier molecular flexibility index (Phi) is 4.81. The van der Waals surface area contributed by atoms with Crippen molar-refractivity contribution in [3.63, 3.8) is 0 Å². The Labute approximate surface area is 117 Å². The average molecular weight is 278 g/mol. The van der Waals surface area contributed by atoms with Crippen molar-refractivity contribution >= 4 is 11.8 Å². The number of ether oxygens (including phenoxy) is 2. The summed E-state index contributed by atoms with van der Waals surface area (Å²) in [6, 6.07) is 5.75.